The van der Waals surface area contributed by atoms with E-state index in [0.717, 1.165) is 12.0 Å². The number of fused-ring (bicyclic) bond motifs is 1. The number of nitrogens with one attached hydrogen (secondary N) is 2. The lowest BCUT2D eigenvalue weighted by Crippen LogP contribution is -2.25. The molecule has 2 aromatic carbocycles. The van der Waals surface area contributed by atoms with Crippen molar-refractivity contribution in [3.05, 3.63) is 65.0 Å². The van der Waals surface area contributed by atoms with Gasteiger partial charge in [-0.1, -0.05) is 30.3 Å². The Balaban J connectivity index is 1.46. The van der Waals surface area contributed by atoms with E-state index >= 15 is 0 Å². The van der Waals surface area contributed by atoms with Crippen LogP contribution < -0.4 is 10.0 Å². The van der Waals surface area contributed by atoms with E-state index in [-0.39, 0.29) is 10.8 Å². The van der Waals surface area contributed by atoms with Crippen molar-refractivity contribution in [3.63, 3.8) is 0 Å². The smallest absolute Gasteiger partial charge is 0.240 e. The number of aryl methyl sites for hydroxylation is 1. The maximum Gasteiger partial charge on any atom is 0.240 e. The molecule has 3 rings (SSSR count). The zero-order valence-corrected chi connectivity index (χ0v) is 16.7. The molecule has 0 aliphatic rings. The molecular formula is C20H22N2O3S2. The van der Waals surface area contributed by atoms with Crippen LogP contribution in [0.3, 0.4) is 0 Å². The van der Waals surface area contributed by atoms with Gasteiger partial charge in [0.1, 0.15) is 0 Å². The van der Waals surface area contributed by atoms with Crippen molar-refractivity contribution in [2.45, 2.75) is 24.2 Å². The summed E-state index contributed by atoms with van der Waals surface area (Å²) in [4.78, 5) is 12.3. The van der Waals surface area contributed by atoms with Gasteiger partial charge in [0.25, 0.3) is 0 Å². The topological polar surface area (TPSA) is 75.3 Å². The third-order valence-electron chi connectivity index (χ3n) is 4.42. The van der Waals surface area contributed by atoms with Crippen LogP contribution in [0.1, 0.15) is 17.5 Å². The second-order valence-corrected chi connectivity index (χ2v) is 9.01. The highest BCUT2D eigenvalue weighted by Crippen LogP contribution is 2.25. The van der Waals surface area contributed by atoms with Crippen molar-refractivity contribution < 1.29 is 13.2 Å². The Kier molecular flexibility index (Phi) is 6.26. The van der Waals surface area contributed by atoms with Crippen molar-refractivity contribution >= 4 is 37.4 Å². The Labute approximate surface area is 163 Å². The van der Waals surface area contributed by atoms with Crippen LogP contribution in [0, 0.1) is 0 Å². The molecule has 5 nitrogen and oxygen atoms in total. The van der Waals surface area contributed by atoms with E-state index in [2.05, 4.69) is 27.6 Å². The van der Waals surface area contributed by atoms with Crippen LogP contribution in [-0.4, -0.2) is 27.9 Å². The molecule has 7 heteroatoms. The zero-order chi connectivity index (χ0) is 19.3. The first-order chi connectivity index (χ1) is 13.0. The molecule has 0 saturated heterocycles. The minimum absolute atomic E-state index is 0.00135. The maximum absolute atomic E-state index is 12.1. The van der Waals surface area contributed by atoms with Gasteiger partial charge in [-0.3, -0.25) is 4.79 Å². The van der Waals surface area contributed by atoms with Crippen LogP contribution in [0.4, 0.5) is 0 Å². The lowest BCUT2D eigenvalue weighted by atomic mass is 10.1. The molecule has 1 amide bonds. The van der Waals surface area contributed by atoms with Gasteiger partial charge in [0.15, 0.2) is 0 Å². The van der Waals surface area contributed by atoms with Gasteiger partial charge in [-0.15, -0.1) is 11.3 Å². The summed E-state index contributed by atoms with van der Waals surface area (Å²) in [6, 6.07) is 14.9. The van der Waals surface area contributed by atoms with E-state index in [1.807, 2.05) is 12.1 Å². The second-order valence-electron chi connectivity index (χ2n) is 6.21. The number of amides is 1. The summed E-state index contributed by atoms with van der Waals surface area (Å²) >= 11 is 1.72. The van der Waals surface area contributed by atoms with Crippen LogP contribution in [-0.2, 0) is 27.7 Å². The molecule has 27 heavy (non-hydrogen) atoms. The summed E-state index contributed by atoms with van der Waals surface area (Å²) in [5.41, 5.74) is 2.20. The predicted octanol–water partition coefficient (Wildman–Crippen LogP) is 3.10. The minimum Gasteiger partial charge on any atom is -0.356 e. The minimum atomic E-state index is -3.42. The van der Waals surface area contributed by atoms with Gasteiger partial charge in [-0.2, -0.15) is 0 Å². The summed E-state index contributed by atoms with van der Waals surface area (Å²) in [5, 5.41) is 6.37. The summed E-state index contributed by atoms with van der Waals surface area (Å²) in [7, 11) is -2.04. The largest absolute Gasteiger partial charge is 0.356 e. The van der Waals surface area contributed by atoms with Crippen LogP contribution in [0.15, 0.2) is 58.8 Å². The van der Waals surface area contributed by atoms with Gasteiger partial charge >= 0.3 is 0 Å². The van der Waals surface area contributed by atoms with Gasteiger partial charge in [0.2, 0.25) is 15.9 Å². The van der Waals surface area contributed by atoms with Crippen LogP contribution >= 0.6 is 11.3 Å². The monoisotopic (exact) mass is 402 g/mol. The third kappa shape index (κ3) is 4.94. The molecule has 0 bridgehead atoms. The number of hydrogen-bond donors (Lipinski definition) is 2. The molecule has 142 valence electrons. The molecular weight excluding hydrogens is 380 g/mol. The van der Waals surface area contributed by atoms with Gasteiger partial charge in [-0.25, -0.2) is 13.1 Å². The fourth-order valence-corrected chi connectivity index (χ4v) is 4.59. The molecule has 1 aromatic heterocycles. The summed E-state index contributed by atoms with van der Waals surface area (Å²) in [5.74, 6) is 0.00135. The number of sulfonamides is 1. The molecule has 0 spiro atoms. The Morgan fingerprint density at radius 1 is 1.04 bits per heavy atom. The van der Waals surface area contributed by atoms with Crippen molar-refractivity contribution in [2.75, 3.05) is 13.6 Å². The summed E-state index contributed by atoms with van der Waals surface area (Å²) in [6.07, 6.45) is 1.77. The molecule has 0 unspecified atom stereocenters. The molecule has 0 aliphatic carbocycles. The third-order valence-corrected chi connectivity index (χ3v) is 6.86. The van der Waals surface area contributed by atoms with E-state index in [4.69, 9.17) is 0 Å². The maximum atomic E-state index is 12.1. The highest BCUT2D eigenvalue weighted by molar-refractivity contribution is 7.89. The van der Waals surface area contributed by atoms with Crippen molar-refractivity contribution in [3.8, 4) is 0 Å². The van der Waals surface area contributed by atoms with Crippen LogP contribution in [0.25, 0.3) is 10.1 Å². The molecule has 3 aromatic rings. The molecule has 2 N–H and O–H groups in total. The van der Waals surface area contributed by atoms with E-state index in [0.29, 0.717) is 19.4 Å². The molecule has 0 fully saturated rings. The van der Waals surface area contributed by atoms with Crippen molar-refractivity contribution in [1.82, 2.24) is 10.0 Å². The van der Waals surface area contributed by atoms with Crippen molar-refractivity contribution in [2.24, 2.45) is 0 Å². The second kappa shape index (κ2) is 8.65. The Hall–Kier alpha value is -2.22. The number of thiophene rings is 1. The summed E-state index contributed by atoms with van der Waals surface area (Å²) in [6.45, 7) is 0.610. The quantitative estimate of drug-likeness (QED) is 0.608. The predicted molar refractivity (Wildman–Crippen MR) is 110 cm³/mol. The fraction of sp³-hybridized carbons (Fsp3) is 0.250. The standard InChI is InChI=1S/C20H22N2O3S2/c1-21-27(24,25)17-9-6-15(7-10-17)8-11-20(23)22-13-12-16-14-26-19-5-3-2-4-18(16)19/h2-7,9-10,14,21H,8,11-13H2,1H3,(H,22,23). The first-order valence-corrected chi connectivity index (χ1v) is 11.1. The fourth-order valence-electron chi connectivity index (χ4n) is 2.86. The Morgan fingerprint density at radius 2 is 1.78 bits per heavy atom. The van der Waals surface area contributed by atoms with E-state index in [1.165, 1.54) is 22.7 Å². The highest BCUT2D eigenvalue weighted by atomic mass is 32.2. The average molecular weight is 403 g/mol. The first-order valence-electron chi connectivity index (χ1n) is 8.74. The van der Waals surface area contributed by atoms with Gasteiger partial charge in [0.05, 0.1) is 4.90 Å². The zero-order valence-electron chi connectivity index (χ0n) is 15.1. The van der Waals surface area contributed by atoms with Crippen LogP contribution in [0.2, 0.25) is 0 Å². The Morgan fingerprint density at radius 3 is 2.52 bits per heavy atom. The lowest BCUT2D eigenvalue weighted by Gasteiger charge is -2.06. The van der Waals surface area contributed by atoms with E-state index in [1.54, 1.807) is 35.6 Å². The Bertz CT molecular complexity index is 1020. The van der Waals surface area contributed by atoms with E-state index < -0.39 is 10.0 Å². The number of benzene rings is 2. The highest BCUT2D eigenvalue weighted by Gasteiger charge is 2.11. The summed E-state index contributed by atoms with van der Waals surface area (Å²) < 4.78 is 27.0. The van der Waals surface area contributed by atoms with Gasteiger partial charge in [0, 0.05) is 17.7 Å². The molecule has 0 aliphatic heterocycles. The van der Waals surface area contributed by atoms with Gasteiger partial charge in [-0.05, 0) is 60.0 Å². The number of carbonyl (C=O) groups is 1. The number of hydrogen-bond acceptors (Lipinski definition) is 4. The molecule has 0 radical (unpaired) electrons. The number of carbonyl (C=O) groups excluding carboxylic acids is 1. The van der Waals surface area contributed by atoms with Gasteiger partial charge < -0.3 is 5.32 Å². The van der Waals surface area contributed by atoms with Crippen LogP contribution in [0.5, 0.6) is 0 Å². The average Bonchev–Trinajstić information content (AvgIpc) is 3.10. The van der Waals surface area contributed by atoms with E-state index in [9.17, 15) is 13.2 Å². The number of rotatable bonds is 8. The van der Waals surface area contributed by atoms with Crippen molar-refractivity contribution in [1.29, 1.82) is 0 Å². The SMILES string of the molecule is CNS(=O)(=O)c1ccc(CCC(=O)NCCc2csc3ccccc23)cc1. The molecule has 1 heterocycles. The molecule has 0 atom stereocenters. The lowest BCUT2D eigenvalue weighted by molar-refractivity contribution is -0.121. The normalized spacial score (nSPS) is 11.6. The molecule has 0 saturated carbocycles. The first kappa shape index (κ1) is 19.5.